The zero-order valence-corrected chi connectivity index (χ0v) is 9.32. The first-order chi connectivity index (χ1) is 3.81. The van der Waals surface area contributed by atoms with Crippen LogP contribution >= 0.6 is 66.7 Å². The van der Waals surface area contributed by atoms with Crippen molar-refractivity contribution in [1.29, 1.82) is 0 Å². The fourth-order valence-corrected chi connectivity index (χ4v) is 0.249. The molecule has 0 rings (SSSR count). The Bertz CT molecular complexity index is 119. The second kappa shape index (κ2) is 3.26. The van der Waals surface area contributed by atoms with Gasteiger partial charge in [0.2, 0.25) is 3.24 Å². The van der Waals surface area contributed by atoms with Gasteiger partial charge in [-0.15, -0.1) is 0 Å². The van der Waals surface area contributed by atoms with Gasteiger partial charge >= 0.3 is 0 Å². The molecule has 0 aromatic carbocycles. The first-order valence-electron chi connectivity index (χ1n) is 1.72. The van der Waals surface area contributed by atoms with Crippen LogP contribution in [0.4, 0.5) is 0 Å². The zero-order valence-electron chi connectivity index (χ0n) is 3.88. The number of halogens is 5. The second-order valence-corrected chi connectivity index (χ2v) is 6.97. The maximum Gasteiger partial charge on any atom is 0.207 e. The summed E-state index contributed by atoms with van der Waals surface area (Å²) in [5.74, 6) is 0. The number of rotatable bonds is 2. The lowest BCUT2D eigenvalue weighted by molar-refractivity contribution is -0.107. The predicted molar refractivity (Wildman–Crippen MR) is 46.9 cm³/mol. The van der Waals surface area contributed by atoms with E-state index in [1.54, 1.807) is 0 Å². The van der Waals surface area contributed by atoms with Crippen LogP contribution in [0.25, 0.3) is 0 Å². The monoisotopic (exact) mass is 316 g/mol. The first-order valence-corrected chi connectivity index (χ1v) is 4.44. The van der Waals surface area contributed by atoms with Crippen LogP contribution in [0, 0.1) is 0 Å². The molecule has 0 radical (unpaired) electrons. The third-order valence-corrected chi connectivity index (χ3v) is 4.31. The Hall–Kier alpha value is 1.50. The fourth-order valence-electron chi connectivity index (χ4n) is 0.0668. The van der Waals surface area contributed by atoms with Gasteiger partial charge in [0.05, 0.1) is 0 Å². The largest absolute Gasteiger partial charge is 0.300 e. The SMILES string of the molecule is O=CC(Cl)(Br)C(Cl)(Cl)Br. The standard InChI is InChI=1S/C3HBr2Cl3O/c4-2(6,1-9)3(5,7)8/h1H. The topological polar surface area (TPSA) is 17.1 Å². The van der Waals surface area contributed by atoms with E-state index in [0.29, 0.717) is 6.29 Å². The normalized spacial score (nSPS) is 18.8. The van der Waals surface area contributed by atoms with Crippen molar-refractivity contribution in [1.82, 2.24) is 0 Å². The van der Waals surface area contributed by atoms with E-state index in [1.165, 1.54) is 0 Å². The third-order valence-electron chi connectivity index (χ3n) is 0.526. The molecule has 0 aliphatic heterocycles. The van der Waals surface area contributed by atoms with Gasteiger partial charge in [0.1, 0.15) is 0 Å². The molecule has 0 aliphatic rings. The van der Waals surface area contributed by atoms with Crippen molar-refractivity contribution in [2.45, 2.75) is 7.03 Å². The molecule has 0 saturated carbocycles. The maximum atomic E-state index is 10.1. The minimum Gasteiger partial charge on any atom is -0.300 e. The number of carbonyl (C=O) groups excluding carboxylic acids is 1. The number of hydrogen-bond donors (Lipinski definition) is 0. The van der Waals surface area contributed by atoms with Crippen molar-refractivity contribution in [3.63, 3.8) is 0 Å². The van der Waals surface area contributed by atoms with Gasteiger partial charge in [-0.3, -0.25) is 0 Å². The zero-order chi connectivity index (χ0) is 7.71. The summed E-state index contributed by atoms with van der Waals surface area (Å²) in [6.07, 6.45) is 0.392. The molecule has 0 heterocycles. The van der Waals surface area contributed by atoms with Gasteiger partial charge in [-0.1, -0.05) is 50.7 Å². The van der Waals surface area contributed by atoms with Crippen LogP contribution in [-0.2, 0) is 4.79 Å². The van der Waals surface area contributed by atoms with E-state index in [4.69, 9.17) is 34.8 Å². The van der Waals surface area contributed by atoms with Crippen LogP contribution in [0.1, 0.15) is 0 Å². The average Bonchev–Trinajstić information content (AvgIpc) is 1.64. The summed E-state index contributed by atoms with van der Waals surface area (Å²) in [4.78, 5) is 10.1. The molecule has 6 heteroatoms. The molecule has 54 valence electrons. The molecule has 0 bridgehead atoms. The van der Waals surface area contributed by atoms with E-state index in [-0.39, 0.29) is 0 Å². The maximum absolute atomic E-state index is 10.1. The van der Waals surface area contributed by atoms with Gasteiger partial charge < -0.3 is 4.79 Å². The molecule has 0 aliphatic carbocycles. The fraction of sp³-hybridized carbons (Fsp3) is 0.667. The molecule has 1 atom stereocenters. The Morgan fingerprint density at radius 2 is 1.56 bits per heavy atom. The lowest BCUT2D eigenvalue weighted by Crippen LogP contribution is -2.31. The summed E-state index contributed by atoms with van der Waals surface area (Å²) in [7, 11) is 0. The van der Waals surface area contributed by atoms with Crippen molar-refractivity contribution in [2.75, 3.05) is 0 Å². The number of carbonyl (C=O) groups is 1. The lowest BCUT2D eigenvalue weighted by Gasteiger charge is -2.21. The Morgan fingerprint density at radius 3 is 1.56 bits per heavy atom. The highest BCUT2D eigenvalue weighted by Crippen LogP contribution is 2.47. The van der Waals surface area contributed by atoms with Gasteiger partial charge in [-0.05, 0) is 15.9 Å². The van der Waals surface area contributed by atoms with Crippen molar-refractivity contribution in [2.24, 2.45) is 0 Å². The molecule has 1 unspecified atom stereocenters. The van der Waals surface area contributed by atoms with E-state index < -0.39 is 7.03 Å². The average molecular weight is 319 g/mol. The van der Waals surface area contributed by atoms with Crippen LogP contribution in [0.5, 0.6) is 0 Å². The smallest absolute Gasteiger partial charge is 0.207 e. The molecule has 0 saturated heterocycles. The predicted octanol–water partition coefficient (Wildman–Crippen LogP) is 3.04. The third kappa shape index (κ3) is 2.93. The Balaban J connectivity index is 4.32. The second-order valence-electron chi connectivity index (χ2n) is 1.24. The molecule has 0 spiro atoms. The van der Waals surface area contributed by atoms with Crippen LogP contribution in [0.15, 0.2) is 0 Å². The highest BCUT2D eigenvalue weighted by molar-refractivity contribution is 9.14. The lowest BCUT2D eigenvalue weighted by atomic mass is 10.5. The Labute approximate surface area is 84.3 Å². The molecule has 0 fully saturated rings. The van der Waals surface area contributed by atoms with Crippen molar-refractivity contribution in [3.05, 3.63) is 0 Å². The molecule has 0 N–H and O–H groups in total. The highest BCUT2D eigenvalue weighted by atomic mass is 79.9. The van der Waals surface area contributed by atoms with E-state index >= 15 is 0 Å². The van der Waals surface area contributed by atoms with Gasteiger partial charge in [-0.2, -0.15) is 0 Å². The van der Waals surface area contributed by atoms with Crippen LogP contribution in [-0.4, -0.2) is 13.3 Å². The molecular weight excluding hydrogens is 318 g/mol. The summed E-state index contributed by atoms with van der Waals surface area (Å²) < 4.78 is -2.95. The number of alkyl halides is 5. The van der Waals surface area contributed by atoms with Crippen LogP contribution in [0.3, 0.4) is 0 Å². The van der Waals surface area contributed by atoms with Crippen LogP contribution < -0.4 is 0 Å². The summed E-state index contributed by atoms with van der Waals surface area (Å²) in [5.41, 5.74) is 0. The van der Waals surface area contributed by atoms with Gasteiger partial charge in [-0.25, -0.2) is 0 Å². The van der Waals surface area contributed by atoms with Crippen molar-refractivity contribution >= 4 is 72.9 Å². The van der Waals surface area contributed by atoms with E-state index in [9.17, 15) is 4.79 Å². The molecule has 0 aromatic rings. The highest BCUT2D eigenvalue weighted by Gasteiger charge is 2.44. The molecular formula is C3HBr2Cl3O. The van der Waals surface area contributed by atoms with Crippen molar-refractivity contribution in [3.8, 4) is 0 Å². The van der Waals surface area contributed by atoms with Gasteiger partial charge in [0, 0.05) is 0 Å². The van der Waals surface area contributed by atoms with Crippen molar-refractivity contribution < 1.29 is 4.79 Å². The number of aldehydes is 1. The van der Waals surface area contributed by atoms with Crippen LogP contribution in [0.2, 0.25) is 0 Å². The summed E-state index contributed by atoms with van der Waals surface area (Å²) in [6, 6.07) is 0. The number of hydrogen-bond acceptors (Lipinski definition) is 1. The minimum absolute atomic E-state index is 0.392. The van der Waals surface area contributed by atoms with E-state index in [0.717, 1.165) is 0 Å². The first kappa shape index (κ1) is 10.5. The van der Waals surface area contributed by atoms with E-state index in [1.807, 2.05) is 0 Å². The Kier molecular flexibility index (Phi) is 3.81. The molecule has 9 heavy (non-hydrogen) atoms. The summed E-state index contributed by atoms with van der Waals surface area (Å²) in [6.45, 7) is 0. The molecule has 0 aromatic heterocycles. The Morgan fingerprint density at radius 1 is 1.22 bits per heavy atom. The molecule has 0 amide bonds. The summed E-state index contributed by atoms with van der Waals surface area (Å²) >= 11 is 21.8. The van der Waals surface area contributed by atoms with Gasteiger partial charge in [0.15, 0.2) is 10.1 Å². The van der Waals surface area contributed by atoms with Gasteiger partial charge in [0.25, 0.3) is 0 Å². The quantitative estimate of drug-likeness (QED) is 0.565. The summed E-state index contributed by atoms with van der Waals surface area (Å²) in [5, 5.41) is 0. The molecule has 1 nitrogen and oxygen atoms in total. The minimum atomic E-state index is -1.48. The van der Waals surface area contributed by atoms with E-state index in [2.05, 4.69) is 31.9 Å².